The number of nitrogens with zero attached hydrogens (tertiary/aromatic N) is 2. The number of aryl methyl sites for hydroxylation is 1. The summed E-state index contributed by atoms with van der Waals surface area (Å²) < 4.78 is 19.8. The molecule has 0 atom stereocenters. The molecule has 0 bridgehead atoms. The highest BCUT2D eigenvalue weighted by molar-refractivity contribution is 7.19. The molecule has 3 aromatic rings. The number of anilines is 1. The second kappa shape index (κ2) is 7.63. The number of thiophene rings is 1. The first-order valence-electron chi connectivity index (χ1n) is 8.94. The Morgan fingerprint density at radius 1 is 1.41 bits per heavy atom. The Labute approximate surface area is 170 Å². The van der Waals surface area contributed by atoms with Gasteiger partial charge < -0.3 is 15.0 Å². The third-order valence-corrected chi connectivity index (χ3v) is 5.92. The third-order valence-electron chi connectivity index (χ3n) is 4.66. The van der Waals surface area contributed by atoms with Gasteiger partial charge >= 0.3 is 0 Å². The van der Waals surface area contributed by atoms with Crippen LogP contribution in [-0.4, -0.2) is 35.4 Å². The summed E-state index contributed by atoms with van der Waals surface area (Å²) in [6.07, 6.45) is 4.68. The van der Waals surface area contributed by atoms with Crippen molar-refractivity contribution >= 4 is 45.1 Å². The molecule has 2 amide bonds. The maximum atomic E-state index is 13.5. The number of hydrogen-bond acceptors (Lipinski definition) is 5. The van der Waals surface area contributed by atoms with Gasteiger partial charge in [0.15, 0.2) is 18.2 Å². The van der Waals surface area contributed by atoms with Gasteiger partial charge in [0.2, 0.25) is 5.91 Å². The first-order chi connectivity index (χ1) is 13.9. The molecule has 0 unspecified atom stereocenters. The lowest BCUT2D eigenvalue weighted by Crippen LogP contribution is -2.26. The highest BCUT2D eigenvalue weighted by Crippen LogP contribution is 2.32. The van der Waals surface area contributed by atoms with Gasteiger partial charge in [-0.3, -0.25) is 9.59 Å². The van der Waals surface area contributed by atoms with Crippen LogP contribution in [0.25, 0.3) is 16.2 Å². The lowest BCUT2D eigenvalue weighted by Gasteiger charge is -2.17. The number of carbonyl (C=O) groups is 2. The van der Waals surface area contributed by atoms with Crippen LogP contribution in [-0.2, 0) is 16.1 Å². The summed E-state index contributed by atoms with van der Waals surface area (Å²) in [5.41, 5.74) is 1.68. The molecule has 3 heterocycles. The van der Waals surface area contributed by atoms with Gasteiger partial charge in [0.25, 0.3) is 5.91 Å². The summed E-state index contributed by atoms with van der Waals surface area (Å²) in [4.78, 5) is 30.6. The van der Waals surface area contributed by atoms with Crippen LogP contribution in [0.3, 0.4) is 0 Å². The third kappa shape index (κ3) is 3.97. The fourth-order valence-corrected chi connectivity index (χ4v) is 4.29. The molecule has 1 N–H and O–H groups in total. The van der Waals surface area contributed by atoms with Crippen LogP contribution >= 0.6 is 11.3 Å². The molecule has 8 heteroatoms. The summed E-state index contributed by atoms with van der Waals surface area (Å²) >= 11 is 1.56. The van der Waals surface area contributed by atoms with E-state index in [-0.39, 0.29) is 24.2 Å². The van der Waals surface area contributed by atoms with Gasteiger partial charge in [-0.15, -0.1) is 11.3 Å². The van der Waals surface area contributed by atoms with Gasteiger partial charge in [0.1, 0.15) is 5.82 Å². The molecule has 0 saturated carbocycles. The monoisotopic (exact) mass is 411 g/mol. The minimum Gasteiger partial charge on any atom is -0.480 e. The predicted octanol–water partition coefficient (Wildman–Crippen LogP) is 3.75. The largest absolute Gasteiger partial charge is 0.480 e. The van der Waals surface area contributed by atoms with Crippen LogP contribution < -0.4 is 10.1 Å². The van der Waals surface area contributed by atoms with E-state index in [0.29, 0.717) is 23.7 Å². The Bertz CT molecular complexity index is 1160. The number of likely N-dealkylation sites (N-methyl/N-ethyl adjacent to an activating group) is 1. The first-order valence-corrected chi connectivity index (χ1v) is 9.76. The van der Waals surface area contributed by atoms with Gasteiger partial charge in [0.05, 0.1) is 6.54 Å². The second-order valence-electron chi connectivity index (χ2n) is 6.77. The molecule has 1 aromatic carbocycles. The summed E-state index contributed by atoms with van der Waals surface area (Å²) in [5, 5.41) is 3.50. The van der Waals surface area contributed by atoms with Gasteiger partial charge in [-0.05, 0) is 53.8 Å². The lowest BCUT2D eigenvalue weighted by atomic mass is 10.1. The van der Waals surface area contributed by atoms with Crippen LogP contribution in [0, 0.1) is 12.7 Å². The molecule has 4 rings (SSSR count). The molecule has 2 aromatic heterocycles. The van der Waals surface area contributed by atoms with Crippen molar-refractivity contribution in [2.45, 2.75) is 13.5 Å². The van der Waals surface area contributed by atoms with Gasteiger partial charge in [0, 0.05) is 28.9 Å². The SMILES string of the molecule is Cc1c(CN(C)C(=O)/C=C/c2cnc3c(c2)OCC(=O)N3)sc2ccc(F)cc12. The number of carbonyl (C=O) groups excluding carboxylic acids is 2. The van der Waals surface area contributed by atoms with Gasteiger partial charge in [-0.1, -0.05) is 0 Å². The van der Waals surface area contributed by atoms with E-state index in [1.165, 1.54) is 18.2 Å². The molecular formula is C21H18FN3O3S. The van der Waals surface area contributed by atoms with Crippen molar-refractivity contribution in [2.24, 2.45) is 0 Å². The number of amides is 2. The average molecular weight is 411 g/mol. The Morgan fingerprint density at radius 2 is 2.24 bits per heavy atom. The number of benzene rings is 1. The quantitative estimate of drug-likeness (QED) is 0.664. The average Bonchev–Trinajstić information content (AvgIpc) is 3.01. The molecule has 0 aliphatic carbocycles. The summed E-state index contributed by atoms with van der Waals surface area (Å²) in [7, 11) is 1.72. The van der Waals surface area contributed by atoms with Crippen LogP contribution in [0.15, 0.2) is 36.5 Å². The van der Waals surface area contributed by atoms with E-state index in [1.807, 2.05) is 6.92 Å². The molecular weight excluding hydrogens is 393 g/mol. The van der Waals surface area contributed by atoms with Crippen LogP contribution in [0.2, 0.25) is 0 Å². The van der Waals surface area contributed by atoms with Crippen LogP contribution in [0.1, 0.15) is 16.0 Å². The minimum absolute atomic E-state index is 0.0536. The molecule has 0 fully saturated rings. The summed E-state index contributed by atoms with van der Waals surface area (Å²) in [6, 6.07) is 6.46. The van der Waals surface area contributed by atoms with E-state index < -0.39 is 0 Å². The highest BCUT2D eigenvalue weighted by Gasteiger charge is 2.17. The second-order valence-corrected chi connectivity index (χ2v) is 7.91. The summed E-state index contributed by atoms with van der Waals surface area (Å²) in [6.45, 7) is 2.33. The Balaban J connectivity index is 1.46. The maximum absolute atomic E-state index is 13.5. The molecule has 148 valence electrons. The maximum Gasteiger partial charge on any atom is 0.263 e. The van der Waals surface area contributed by atoms with Crippen molar-refractivity contribution < 1.29 is 18.7 Å². The van der Waals surface area contributed by atoms with Crippen molar-refractivity contribution in [3.05, 3.63) is 58.4 Å². The van der Waals surface area contributed by atoms with Crippen molar-refractivity contribution in [3.8, 4) is 5.75 Å². The first kappa shape index (κ1) is 19.1. The number of ether oxygens (including phenoxy) is 1. The van der Waals surface area contributed by atoms with E-state index >= 15 is 0 Å². The Hall–Kier alpha value is -3.26. The number of halogens is 1. The number of nitrogens with one attached hydrogen (secondary N) is 1. The number of hydrogen-bond donors (Lipinski definition) is 1. The van der Waals surface area contributed by atoms with Crippen molar-refractivity contribution in [1.82, 2.24) is 9.88 Å². The molecule has 0 radical (unpaired) electrons. The minimum atomic E-state index is -0.264. The zero-order chi connectivity index (χ0) is 20.5. The Kier molecular flexibility index (Phi) is 5.02. The van der Waals surface area contributed by atoms with E-state index in [1.54, 1.807) is 47.7 Å². The fraction of sp³-hybridized carbons (Fsp3) is 0.190. The number of aromatic nitrogens is 1. The fourth-order valence-electron chi connectivity index (χ4n) is 3.05. The van der Waals surface area contributed by atoms with E-state index in [0.717, 1.165) is 20.5 Å². The molecule has 0 spiro atoms. The van der Waals surface area contributed by atoms with Gasteiger partial charge in [-0.25, -0.2) is 9.37 Å². The van der Waals surface area contributed by atoms with Crippen molar-refractivity contribution in [1.29, 1.82) is 0 Å². The van der Waals surface area contributed by atoms with Crippen LogP contribution in [0.5, 0.6) is 5.75 Å². The molecule has 0 saturated heterocycles. The summed E-state index contributed by atoms with van der Waals surface area (Å²) in [5.74, 6) is 0.170. The smallest absolute Gasteiger partial charge is 0.263 e. The predicted molar refractivity (Wildman–Crippen MR) is 110 cm³/mol. The zero-order valence-corrected chi connectivity index (χ0v) is 16.7. The molecule has 1 aliphatic rings. The number of fused-ring (bicyclic) bond motifs is 2. The van der Waals surface area contributed by atoms with E-state index in [4.69, 9.17) is 4.74 Å². The van der Waals surface area contributed by atoms with Crippen LogP contribution in [0.4, 0.5) is 10.2 Å². The number of rotatable bonds is 4. The standard InChI is InChI=1S/C21H18FN3O3S/c1-12-15-8-14(22)4-5-17(15)29-18(12)10-25(2)20(27)6-3-13-7-16-21(23-9-13)24-19(26)11-28-16/h3-9H,10-11H2,1-2H3,(H,23,24,26)/b6-3+. The van der Waals surface area contributed by atoms with Crippen molar-refractivity contribution in [3.63, 3.8) is 0 Å². The topological polar surface area (TPSA) is 71.5 Å². The highest BCUT2D eigenvalue weighted by atomic mass is 32.1. The Morgan fingerprint density at radius 3 is 3.07 bits per heavy atom. The number of pyridine rings is 1. The molecule has 29 heavy (non-hydrogen) atoms. The van der Waals surface area contributed by atoms with Crippen molar-refractivity contribution in [2.75, 3.05) is 19.0 Å². The van der Waals surface area contributed by atoms with E-state index in [9.17, 15) is 14.0 Å². The van der Waals surface area contributed by atoms with E-state index in [2.05, 4.69) is 10.3 Å². The molecule has 6 nitrogen and oxygen atoms in total. The molecule has 1 aliphatic heterocycles. The lowest BCUT2D eigenvalue weighted by molar-refractivity contribution is -0.125. The zero-order valence-electron chi connectivity index (χ0n) is 15.9. The van der Waals surface area contributed by atoms with Gasteiger partial charge in [-0.2, -0.15) is 0 Å². The normalized spacial score (nSPS) is 13.3.